The average molecular weight is 374 g/mol. The van der Waals surface area contributed by atoms with Crippen LogP contribution in [0.4, 0.5) is 0 Å². The maximum Gasteiger partial charge on any atom is 0.258 e. The molecule has 0 spiro atoms. The highest BCUT2D eigenvalue weighted by molar-refractivity contribution is 5.97. The van der Waals surface area contributed by atoms with E-state index < -0.39 is 12.0 Å². The summed E-state index contributed by atoms with van der Waals surface area (Å²) in [6, 6.07) is 11.5. The average Bonchev–Trinajstić information content (AvgIpc) is 2.66. The maximum absolute atomic E-state index is 12.9. The Balaban J connectivity index is 2.14. The van der Waals surface area contributed by atoms with Crippen LogP contribution in [0.1, 0.15) is 35.7 Å². The molecule has 2 rings (SSSR count). The zero-order valence-electron chi connectivity index (χ0n) is 15.3. The molecule has 0 aliphatic carbocycles. The van der Waals surface area contributed by atoms with E-state index in [-0.39, 0.29) is 23.8 Å². The summed E-state index contributed by atoms with van der Waals surface area (Å²) in [5.41, 5.74) is 6.20. The van der Waals surface area contributed by atoms with Gasteiger partial charge in [-0.25, -0.2) is 0 Å². The van der Waals surface area contributed by atoms with Gasteiger partial charge in [-0.2, -0.15) is 0 Å². The minimum Gasteiger partial charge on any atom is -0.504 e. The third kappa shape index (κ3) is 5.87. The number of para-hydroxylation sites is 1. The summed E-state index contributed by atoms with van der Waals surface area (Å²) in [5.74, 6) is -0.503. The number of carbonyl (C=O) groups excluding carboxylic acids is 1. The number of ether oxygens (including phenoxy) is 1. The van der Waals surface area contributed by atoms with Crippen molar-refractivity contribution >= 4 is 5.91 Å². The molecule has 0 heterocycles. The van der Waals surface area contributed by atoms with Crippen molar-refractivity contribution in [3.63, 3.8) is 0 Å². The zero-order valence-corrected chi connectivity index (χ0v) is 15.3. The number of phenolic OH excluding ortho intramolecular Hbond substituents is 2. The van der Waals surface area contributed by atoms with Crippen molar-refractivity contribution in [2.24, 2.45) is 5.73 Å². The minimum atomic E-state index is -1.04. The number of aliphatic hydroxyl groups is 1. The SMILES string of the molecule is CCCCN(Cc1ccc(OCC(N)O)cc1)C(=O)c1cccc(O)c1O. The molecule has 1 atom stereocenters. The van der Waals surface area contributed by atoms with E-state index in [1.165, 1.54) is 18.2 Å². The number of aliphatic hydroxyl groups excluding tert-OH is 1. The Morgan fingerprint density at radius 1 is 1.19 bits per heavy atom. The van der Waals surface area contributed by atoms with Crippen LogP contribution in [0.5, 0.6) is 17.2 Å². The quantitative estimate of drug-likeness (QED) is 0.395. The van der Waals surface area contributed by atoms with Crippen molar-refractivity contribution < 1.29 is 24.9 Å². The molecule has 0 aromatic heterocycles. The van der Waals surface area contributed by atoms with Gasteiger partial charge in [0.1, 0.15) is 18.6 Å². The Labute approximate surface area is 158 Å². The normalized spacial score (nSPS) is 11.8. The van der Waals surface area contributed by atoms with Crippen molar-refractivity contribution in [3.8, 4) is 17.2 Å². The fourth-order valence-corrected chi connectivity index (χ4v) is 2.57. The number of nitrogens with two attached hydrogens (primary N) is 1. The Kier molecular flexibility index (Phi) is 7.45. The second-order valence-electron chi connectivity index (χ2n) is 6.28. The molecular weight excluding hydrogens is 348 g/mol. The van der Waals surface area contributed by atoms with Gasteiger partial charge < -0.3 is 30.7 Å². The second kappa shape index (κ2) is 9.80. The summed E-state index contributed by atoms with van der Waals surface area (Å²) in [4.78, 5) is 14.5. The second-order valence-corrected chi connectivity index (χ2v) is 6.28. The van der Waals surface area contributed by atoms with Crippen LogP contribution in [-0.4, -0.2) is 45.5 Å². The summed E-state index contributed by atoms with van der Waals surface area (Å²) < 4.78 is 5.32. The number of phenols is 2. The van der Waals surface area contributed by atoms with Gasteiger partial charge in [-0.1, -0.05) is 31.5 Å². The van der Waals surface area contributed by atoms with Gasteiger partial charge >= 0.3 is 0 Å². The molecule has 146 valence electrons. The molecule has 0 aliphatic heterocycles. The number of carbonyl (C=O) groups is 1. The maximum atomic E-state index is 12.9. The summed E-state index contributed by atoms with van der Waals surface area (Å²) in [5, 5.41) is 28.7. The third-order valence-corrected chi connectivity index (χ3v) is 4.03. The van der Waals surface area contributed by atoms with Gasteiger partial charge in [-0.05, 0) is 36.2 Å². The van der Waals surface area contributed by atoms with Crippen molar-refractivity contribution in [1.82, 2.24) is 4.90 Å². The van der Waals surface area contributed by atoms with E-state index >= 15 is 0 Å². The smallest absolute Gasteiger partial charge is 0.258 e. The van der Waals surface area contributed by atoms with Gasteiger partial charge in [0, 0.05) is 13.1 Å². The lowest BCUT2D eigenvalue weighted by Gasteiger charge is -2.23. The molecule has 0 fully saturated rings. The standard InChI is InChI=1S/C20H26N2O5/c1-2-3-11-22(20(26)16-5-4-6-17(23)19(16)25)12-14-7-9-15(10-8-14)27-13-18(21)24/h4-10,18,23-25H,2-3,11-13,21H2,1H3. The Bertz CT molecular complexity index is 747. The molecule has 0 aliphatic rings. The van der Waals surface area contributed by atoms with E-state index in [2.05, 4.69) is 0 Å². The monoisotopic (exact) mass is 374 g/mol. The van der Waals surface area contributed by atoms with Gasteiger partial charge in [0.05, 0.1) is 5.56 Å². The first kappa shape index (κ1) is 20.5. The fourth-order valence-electron chi connectivity index (χ4n) is 2.57. The molecule has 1 unspecified atom stereocenters. The molecule has 7 heteroatoms. The number of unbranched alkanes of at least 4 members (excludes halogenated alkanes) is 1. The lowest BCUT2D eigenvalue weighted by molar-refractivity contribution is 0.0737. The molecule has 2 aromatic rings. The molecule has 1 amide bonds. The number of aromatic hydroxyl groups is 2. The van der Waals surface area contributed by atoms with Gasteiger partial charge in [0.15, 0.2) is 11.5 Å². The first-order chi connectivity index (χ1) is 12.9. The molecule has 0 saturated carbocycles. The highest BCUT2D eigenvalue weighted by atomic mass is 16.5. The third-order valence-electron chi connectivity index (χ3n) is 4.03. The highest BCUT2D eigenvalue weighted by Crippen LogP contribution is 2.29. The largest absolute Gasteiger partial charge is 0.504 e. The molecule has 7 nitrogen and oxygen atoms in total. The van der Waals surface area contributed by atoms with E-state index in [1.807, 2.05) is 19.1 Å². The van der Waals surface area contributed by atoms with Crippen molar-refractivity contribution in [1.29, 1.82) is 0 Å². The number of hydrogen-bond donors (Lipinski definition) is 4. The molecule has 2 aromatic carbocycles. The van der Waals surface area contributed by atoms with Crippen LogP contribution >= 0.6 is 0 Å². The van der Waals surface area contributed by atoms with Crippen LogP contribution in [-0.2, 0) is 6.54 Å². The van der Waals surface area contributed by atoms with Crippen LogP contribution in [0.2, 0.25) is 0 Å². The van der Waals surface area contributed by atoms with Crippen molar-refractivity contribution in [2.75, 3.05) is 13.2 Å². The first-order valence-corrected chi connectivity index (χ1v) is 8.88. The van der Waals surface area contributed by atoms with Crippen LogP contribution in [0.15, 0.2) is 42.5 Å². The van der Waals surface area contributed by atoms with Crippen molar-refractivity contribution in [3.05, 3.63) is 53.6 Å². The Morgan fingerprint density at radius 2 is 1.89 bits per heavy atom. The summed E-state index contributed by atoms with van der Waals surface area (Å²) in [7, 11) is 0. The summed E-state index contributed by atoms with van der Waals surface area (Å²) in [6.45, 7) is 2.92. The van der Waals surface area contributed by atoms with Gasteiger partial charge in [0.25, 0.3) is 5.91 Å². The molecule has 5 N–H and O–H groups in total. The predicted octanol–water partition coefficient (Wildman–Crippen LogP) is 2.20. The number of benzene rings is 2. The lowest BCUT2D eigenvalue weighted by Crippen LogP contribution is -2.31. The van der Waals surface area contributed by atoms with Gasteiger partial charge in [0.2, 0.25) is 0 Å². The van der Waals surface area contributed by atoms with E-state index in [0.29, 0.717) is 18.8 Å². The fraction of sp³-hybridized carbons (Fsp3) is 0.350. The van der Waals surface area contributed by atoms with Gasteiger partial charge in [-0.3, -0.25) is 4.79 Å². The van der Waals surface area contributed by atoms with E-state index in [1.54, 1.807) is 17.0 Å². The molecule has 27 heavy (non-hydrogen) atoms. The van der Waals surface area contributed by atoms with Crippen LogP contribution in [0.3, 0.4) is 0 Å². The molecule has 0 saturated heterocycles. The molecule has 0 bridgehead atoms. The molecular formula is C20H26N2O5. The topological polar surface area (TPSA) is 116 Å². The van der Waals surface area contributed by atoms with Crippen LogP contribution < -0.4 is 10.5 Å². The summed E-state index contributed by atoms with van der Waals surface area (Å²) >= 11 is 0. The number of hydrogen-bond acceptors (Lipinski definition) is 6. The Morgan fingerprint density at radius 3 is 2.52 bits per heavy atom. The first-order valence-electron chi connectivity index (χ1n) is 8.88. The van der Waals surface area contributed by atoms with E-state index in [4.69, 9.17) is 15.6 Å². The minimum absolute atomic E-state index is 0.00274. The number of amides is 1. The van der Waals surface area contributed by atoms with Crippen molar-refractivity contribution in [2.45, 2.75) is 32.5 Å². The number of nitrogens with zero attached hydrogens (tertiary/aromatic N) is 1. The van der Waals surface area contributed by atoms with Crippen LogP contribution in [0.25, 0.3) is 0 Å². The van der Waals surface area contributed by atoms with Gasteiger partial charge in [-0.15, -0.1) is 0 Å². The number of rotatable bonds is 9. The van der Waals surface area contributed by atoms with E-state index in [9.17, 15) is 15.0 Å². The van der Waals surface area contributed by atoms with Crippen LogP contribution in [0, 0.1) is 0 Å². The summed E-state index contributed by atoms with van der Waals surface area (Å²) in [6.07, 6.45) is 0.701. The van der Waals surface area contributed by atoms with E-state index in [0.717, 1.165) is 18.4 Å². The Hall–Kier alpha value is -2.77. The molecule has 0 radical (unpaired) electrons. The zero-order chi connectivity index (χ0) is 19.8. The lowest BCUT2D eigenvalue weighted by atomic mass is 10.1. The highest BCUT2D eigenvalue weighted by Gasteiger charge is 2.20. The predicted molar refractivity (Wildman–Crippen MR) is 102 cm³/mol.